The molecule has 0 bridgehead atoms. The maximum atomic E-state index is 13.1. The number of hydrogen-bond acceptors (Lipinski definition) is 11. The molecule has 5 aromatic rings. The number of anilines is 3. The van der Waals surface area contributed by atoms with E-state index < -0.39 is 5.97 Å². The summed E-state index contributed by atoms with van der Waals surface area (Å²) in [6.45, 7) is 7.65. The molecule has 4 N–H and O–H groups in total. The van der Waals surface area contributed by atoms with Crippen molar-refractivity contribution >= 4 is 56.9 Å². The standard InChI is InChI=1S/C29H29N7O3S2/c1-5-18-8-6-7-9-19(18)31-29-35-21(34-28(30)36-29)13-39-27(38)24-17(4)23-25(37)32-22(33-26(23)41-24)14-40-20-12-15(2)10-11-16(20)3/h6-12H,5,13-14H2,1-4H3,(H,32,33,37)(H3,30,31,34,35,36). The van der Waals surface area contributed by atoms with Gasteiger partial charge in [-0.2, -0.15) is 15.0 Å². The van der Waals surface area contributed by atoms with E-state index in [0.29, 0.717) is 32.2 Å². The number of aryl methyl sites for hydroxylation is 4. The molecule has 0 amide bonds. The first-order valence-electron chi connectivity index (χ1n) is 13.0. The number of fused-ring (bicyclic) bond motifs is 1. The van der Waals surface area contributed by atoms with Gasteiger partial charge in [0, 0.05) is 10.6 Å². The van der Waals surface area contributed by atoms with Gasteiger partial charge in [-0.25, -0.2) is 9.78 Å². The number of nitrogen functional groups attached to an aromatic ring is 1. The molecule has 0 atom stereocenters. The quantitative estimate of drug-likeness (QED) is 0.146. The number of H-pyrrole nitrogens is 1. The molecule has 0 unspecified atom stereocenters. The van der Waals surface area contributed by atoms with Crippen molar-refractivity contribution < 1.29 is 9.53 Å². The molecule has 12 heteroatoms. The Kier molecular flexibility index (Phi) is 8.31. The van der Waals surface area contributed by atoms with Gasteiger partial charge in [0.15, 0.2) is 12.4 Å². The van der Waals surface area contributed by atoms with Crippen molar-refractivity contribution in [1.29, 1.82) is 0 Å². The fourth-order valence-corrected chi connectivity index (χ4v) is 6.37. The number of nitrogens with zero attached hydrogens (tertiary/aromatic N) is 4. The Morgan fingerprint density at radius 3 is 2.71 bits per heavy atom. The third kappa shape index (κ3) is 6.39. The summed E-state index contributed by atoms with van der Waals surface area (Å²) in [5, 5.41) is 3.54. The van der Waals surface area contributed by atoms with Gasteiger partial charge in [0.25, 0.3) is 5.56 Å². The Balaban J connectivity index is 1.31. The number of esters is 1. The van der Waals surface area contributed by atoms with Crippen molar-refractivity contribution in [3.05, 3.63) is 91.6 Å². The summed E-state index contributed by atoms with van der Waals surface area (Å²) in [5.74, 6) is 0.891. The lowest BCUT2D eigenvalue weighted by Gasteiger charge is -2.10. The SMILES string of the molecule is CCc1ccccc1Nc1nc(N)nc(COC(=O)c2sc3nc(CSc4cc(C)ccc4C)[nH]c(=O)c3c2C)n1. The normalized spacial score (nSPS) is 11.1. The van der Waals surface area contributed by atoms with Gasteiger partial charge >= 0.3 is 5.97 Å². The fraction of sp³-hybridized carbons (Fsp3) is 0.241. The van der Waals surface area contributed by atoms with Crippen LogP contribution in [0.5, 0.6) is 0 Å². The number of nitrogens with one attached hydrogen (secondary N) is 2. The zero-order valence-electron chi connectivity index (χ0n) is 23.1. The van der Waals surface area contributed by atoms with Crippen LogP contribution in [0.25, 0.3) is 10.2 Å². The molecule has 0 saturated carbocycles. The van der Waals surface area contributed by atoms with Gasteiger partial charge in [0.1, 0.15) is 15.5 Å². The number of nitrogens with two attached hydrogens (primary N) is 1. The highest BCUT2D eigenvalue weighted by Crippen LogP contribution is 2.30. The van der Waals surface area contributed by atoms with Crippen molar-refractivity contribution in [2.75, 3.05) is 11.1 Å². The van der Waals surface area contributed by atoms with Gasteiger partial charge in [-0.3, -0.25) is 4.79 Å². The van der Waals surface area contributed by atoms with Crippen molar-refractivity contribution in [2.45, 2.75) is 51.4 Å². The molecule has 5 rings (SSSR count). The zero-order chi connectivity index (χ0) is 29.1. The van der Waals surface area contributed by atoms with Crippen LogP contribution in [0.4, 0.5) is 17.6 Å². The first kappa shape index (κ1) is 28.2. The molecule has 0 aliphatic heterocycles. The molecule has 2 aromatic carbocycles. The number of rotatable bonds is 9. The van der Waals surface area contributed by atoms with Gasteiger partial charge in [0.05, 0.1) is 11.1 Å². The Morgan fingerprint density at radius 1 is 1.10 bits per heavy atom. The van der Waals surface area contributed by atoms with E-state index in [4.69, 9.17) is 10.5 Å². The third-order valence-electron chi connectivity index (χ3n) is 6.42. The zero-order valence-corrected chi connectivity index (χ0v) is 24.7. The van der Waals surface area contributed by atoms with Crippen LogP contribution in [0.3, 0.4) is 0 Å². The van der Waals surface area contributed by atoms with E-state index in [1.807, 2.05) is 31.2 Å². The number of aromatic amines is 1. The molecule has 0 saturated heterocycles. The summed E-state index contributed by atoms with van der Waals surface area (Å²) in [6.07, 6.45) is 0.827. The predicted octanol–water partition coefficient (Wildman–Crippen LogP) is 5.63. The molecule has 0 fully saturated rings. The van der Waals surface area contributed by atoms with Crippen LogP contribution in [-0.2, 0) is 23.5 Å². The van der Waals surface area contributed by atoms with Crippen LogP contribution in [-0.4, -0.2) is 30.9 Å². The van der Waals surface area contributed by atoms with Gasteiger partial charge in [-0.05, 0) is 56.0 Å². The number of ether oxygens (including phenoxy) is 1. The minimum absolute atomic E-state index is 0.00237. The van der Waals surface area contributed by atoms with Crippen molar-refractivity contribution in [2.24, 2.45) is 0 Å². The highest BCUT2D eigenvalue weighted by Gasteiger charge is 2.21. The Hall–Kier alpha value is -4.29. The third-order valence-corrected chi connectivity index (χ3v) is 8.75. The van der Waals surface area contributed by atoms with E-state index in [1.165, 1.54) is 5.56 Å². The number of hydrogen-bond donors (Lipinski definition) is 3. The molecule has 0 radical (unpaired) electrons. The summed E-state index contributed by atoms with van der Waals surface area (Å²) < 4.78 is 5.52. The topological polar surface area (TPSA) is 149 Å². The lowest BCUT2D eigenvalue weighted by Crippen LogP contribution is -2.12. The van der Waals surface area contributed by atoms with Crippen LogP contribution in [0.2, 0.25) is 0 Å². The highest BCUT2D eigenvalue weighted by molar-refractivity contribution is 7.98. The summed E-state index contributed by atoms with van der Waals surface area (Å²) >= 11 is 2.73. The number of para-hydroxylation sites is 1. The molecular formula is C29H29N7O3S2. The second-order valence-corrected chi connectivity index (χ2v) is 11.5. The molecule has 0 spiro atoms. The summed E-state index contributed by atoms with van der Waals surface area (Å²) in [4.78, 5) is 48.0. The van der Waals surface area contributed by atoms with Gasteiger partial charge in [0.2, 0.25) is 11.9 Å². The maximum absolute atomic E-state index is 13.1. The predicted molar refractivity (Wildman–Crippen MR) is 163 cm³/mol. The molecule has 41 heavy (non-hydrogen) atoms. The molecule has 0 aliphatic carbocycles. The molecule has 0 aliphatic rings. The van der Waals surface area contributed by atoms with Gasteiger partial charge in [-0.1, -0.05) is 42.8 Å². The smallest absolute Gasteiger partial charge is 0.349 e. The van der Waals surface area contributed by atoms with Crippen LogP contribution in [0, 0.1) is 20.8 Å². The summed E-state index contributed by atoms with van der Waals surface area (Å²) in [5.41, 5.74) is 10.4. The molecule has 10 nitrogen and oxygen atoms in total. The number of benzene rings is 2. The maximum Gasteiger partial charge on any atom is 0.349 e. The Labute approximate surface area is 244 Å². The molecule has 3 aromatic heterocycles. The second-order valence-electron chi connectivity index (χ2n) is 9.45. The molecular weight excluding hydrogens is 558 g/mol. The minimum Gasteiger partial charge on any atom is -0.453 e. The van der Waals surface area contributed by atoms with Gasteiger partial charge < -0.3 is 20.8 Å². The van der Waals surface area contributed by atoms with E-state index in [9.17, 15) is 9.59 Å². The van der Waals surface area contributed by atoms with E-state index in [0.717, 1.165) is 39.5 Å². The summed E-state index contributed by atoms with van der Waals surface area (Å²) in [7, 11) is 0. The Morgan fingerprint density at radius 2 is 1.90 bits per heavy atom. The van der Waals surface area contributed by atoms with E-state index >= 15 is 0 Å². The van der Waals surface area contributed by atoms with Crippen LogP contribution >= 0.6 is 23.1 Å². The lowest BCUT2D eigenvalue weighted by atomic mass is 10.1. The second kappa shape index (κ2) is 12.1. The Bertz CT molecular complexity index is 1820. The van der Waals surface area contributed by atoms with Crippen molar-refractivity contribution in [3.8, 4) is 0 Å². The van der Waals surface area contributed by atoms with E-state index in [-0.39, 0.29) is 29.9 Å². The van der Waals surface area contributed by atoms with Crippen LogP contribution < -0.4 is 16.6 Å². The number of thioether (sulfide) groups is 1. The number of thiophene rings is 1. The average molecular weight is 588 g/mol. The lowest BCUT2D eigenvalue weighted by molar-refractivity contribution is 0.0467. The monoisotopic (exact) mass is 587 g/mol. The first-order valence-corrected chi connectivity index (χ1v) is 14.8. The number of carbonyl (C=O) groups is 1. The van der Waals surface area contributed by atoms with E-state index in [1.54, 1.807) is 18.7 Å². The fourth-order valence-electron chi connectivity index (χ4n) is 4.29. The number of carbonyl (C=O) groups excluding carboxylic acids is 1. The first-order chi connectivity index (χ1) is 19.7. The molecule has 210 valence electrons. The highest BCUT2D eigenvalue weighted by atomic mass is 32.2. The molecule has 3 heterocycles. The van der Waals surface area contributed by atoms with Crippen molar-refractivity contribution in [3.63, 3.8) is 0 Å². The summed E-state index contributed by atoms with van der Waals surface area (Å²) in [6, 6.07) is 14.1. The van der Waals surface area contributed by atoms with E-state index in [2.05, 4.69) is 62.3 Å². The largest absolute Gasteiger partial charge is 0.453 e. The van der Waals surface area contributed by atoms with Crippen LogP contribution in [0.15, 0.2) is 52.2 Å². The number of aromatic nitrogens is 5. The van der Waals surface area contributed by atoms with Crippen molar-refractivity contribution in [1.82, 2.24) is 24.9 Å². The van der Waals surface area contributed by atoms with Crippen LogP contribution in [0.1, 0.15) is 50.5 Å². The van der Waals surface area contributed by atoms with Gasteiger partial charge in [-0.15, -0.1) is 23.1 Å². The minimum atomic E-state index is -0.596. The average Bonchev–Trinajstić information content (AvgIpc) is 3.28.